The van der Waals surface area contributed by atoms with Crippen LogP contribution in [-0.4, -0.2) is 7.11 Å². The highest BCUT2D eigenvalue weighted by Gasteiger charge is 2.10. The molecular weight excluding hydrogens is 184 g/mol. The molecule has 0 spiro atoms. The first kappa shape index (κ1) is 10.3. The molecule has 1 aliphatic carbocycles. The summed E-state index contributed by atoms with van der Waals surface area (Å²) in [6, 6.07) is 4.25. The van der Waals surface area contributed by atoms with Crippen LogP contribution in [0, 0.1) is 0 Å². The maximum Gasteiger partial charge on any atom is 0.122 e. The SMILES string of the molecule is COc1ccc2c(c1C(C)C)=CCCC=2. The number of hydrogen-bond acceptors (Lipinski definition) is 1. The molecule has 0 saturated heterocycles. The third-order valence-electron chi connectivity index (χ3n) is 2.96. The highest BCUT2D eigenvalue weighted by molar-refractivity contribution is 5.47. The van der Waals surface area contributed by atoms with E-state index in [1.54, 1.807) is 7.11 Å². The lowest BCUT2D eigenvalue weighted by Crippen LogP contribution is -2.31. The monoisotopic (exact) mass is 202 g/mol. The van der Waals surface area contributed by atoms with E-state index in [0.29, 0.717) is 5.92 Å². The Morgan fingerprint density at radius 3 is 2.53 bits per heavy atom. The van der Waals surface area contributed by atoms with E-state index in [4.69, 9.17) is 4.74 Å². The van der Waals surface area contributed by atoms with Crippen molar-refractivity contribution in [3.63, 3.8) is 0 Å². The normalized spacial score (nSPS) is 14.1. The number of fused-ring (bicyclic) bond motifs is 1. The molecule has 15 heavy (non-hydrogen) atoms. The summed E-state index contributed by atoms with van der Waals surface area (Å²) >= 11 is 0. The minimum Gasteiger partial charge on any atom is -0.496 e. The van der Waals surface area contributed by atoms with Crippen molar-refractivity contribution >= 4 is 12.2 Å². The van der Waals surface area contributed by atoms with E-state index in [2.05, 4.69) is 38.1 Å². The van der Waals surface area contributed by atoms with Crippen LogP contribution in [0.25, 0.3) is 12.2 Å². The van der Waals surface area contributed by atoms with E-state index in [0.717, 1.165) is 18.6 Å². The third kappa shape index (κ3) is 1.79. The molecule has 0 N–H and O–H groups in total. The van der Waals surface area contributed by atoms with Crippen LogP contribution in [0.4, 0.5) is 0 Å². The highest BCUT2D eigenvalue weighted by Crippen LogP contribution is 2.21. The van der Waals surface area contributed by atoms with E-state index in [1.165, 1.54) is 16.0 Å². The summed E-state index contributed by atoms with van der Waals surface area (Å²) < 4.78 is 5.44. The molecule has 2 rings (SSSR count). The summed E-state index contributed by atoms with van der Waals surface area (Å²) in [7, 11) is 1.75. The molecule has 1 aliphatic rings. The Morgan fingerprint density at radius 2 is 1.87 bits per heavy atom. The smallest absolute Gasteiger partial charge is 0.122 e. The maximum atomic E-state index is 5.44. The Balaban J connectivity index is 2.78. The average Bonchev–Trinajstić information content (AvgIpc) is 2.27. The number of hydrogen-bond donors (Lipinski definition) is 0. The molecule has 1 aromatic rings. The summed E-state index contributed by atoms with van der Waals surface area (Å²) in [5.74, 6) is 1.54. The minimum absolute atomic E-state index is 0.512. The molecule has 0 aromatic heterocycles. The fourth-order valence-corrected chi connectivity index (χ4v) is 2.28. The number of rotatable bonds is 2. The van der Waals surface area contributed by atoms with Crippen LogP contribution >= 0.6 is 0 Å². The molecular formula is C14H18O. The van der Waals surface area contributed by atoms with Crippen molar-refractivity contribution in [3.05, 3.63) is 28.1 Å². The van der Waals surface area contributed by atoms with Crippen LogP contribution in [0.15, 0.2) is 12.1 Å². The van der Waals surface area contributed by atoms with Crippen molar-refractivity contribution in [2.75, 3.05) is 7.11 Å². The second kappa shape index (κ2) is 4.09. The van der Waals surface area contributed by atoms with Gasteiger partial charge < -0.3 is 4.74 Å². The number of benzene rings is 1. The Kier molecular flexibility index (Phi) is 2.81. The molecule has 1 nitrogen and oxygen atoms in total. The van der Waals surface area contributed by atoms with Gasteiger partial charge >= 0.3 is 0 Å². The van der Waals surface area contributed by atoms with Gasteiger partial charge in [0.1, 0.15) is 5.75 Å². The van der Waals surface area contributed by atoms with Gasteiger partial charge in [0.2, 0.25) is 0 Å². The largest absolute Gasteiger partial charge is 0.496 e. The van der Waals surface area contributed by atoms with Crippen molar-refractivity contribution in [3.8, 4) is 5.75 Å². The summed E-state index contributed by atoms with van der Waals surface area (Å²) in [6.45, 7) is 4.45. The molecule has 0 heterocycles. The van der Waals surface area contributed by atoms with Crippen molar-refractivity contribution < 1.29 is 4.74 Å². The van der Waals surface area contributed by atoms with Gasteiger partial charge in [-0.2, -0.15) is 0 Å². The lowest BCUT2D eigenvalue weighted by Gasteiger charge is -2.14. The standard InChI is InChI=1S/C14H18O/c1-10(2)14-12-7-5-4-6-11(12)8-9-13(14)15-3/h6-10H,4-5H2,1-3H3. The molecule has 80 valence electrons. The predicted molar refractivity (Wildman–Crippen MR) is 64.5 cm³/mol. The van der Waals surface area contributed by atoms with E-state index >= 15 is 0 Å². The van der Waals surface area contributed by atoms with Gasteiger partial charge in [-0.05, 0) is 35.3 Å². The van der Waals surface area contributed by atoms with E-state index < -0.39 is 0 Å². The molecule has 0 aliphatic heterocycles. The van der Waals surface area contributed by atoms with Gasteiger partial charge in [-0.25, -0.2) is 0 Å². The summed E-state index contributed by atoms with van der Waals surface area (Å²) in [6.07, 6.45) is 6.98. The van der Waals surface area contributed by atoms with Crippen molar-refractivity contribution in [2.45, 2.75) is 32.6 Å². The lowest BCUT2D eigenvalue weighted by atomic mass is 9.95. The first-order valence-corrected chi connectivity index (χ1v) is 5.61. The summed E-state index contributed by atoms with van der Waals surface area (Å²) in [5.41, 5.74) is 1.35. The lowest BCUT2D eigenvalue weighted by molar-refractivity contribution is 0.406. The van der Waals surface area contributed by atoms with Gasteiger partial charge in [-0.3, -0.25) is 0 Å². The Morgan fingerprint density at radius 1 is 1.13 bits per heavy atom. The minimum atomic E-state index is 0.512. The molecule has 0 atom stereocenters. The Labute approximate surface area is 91.1 Å². The third-order valence-corrected chi connectivity index (χ3v) is 2.96. The van der Waals surface area contributed by atoms with Crippen LogP contribution in [0.5, 0.6) is 5.75 Å². The molecule has 0 bridgehead atoms. The summed E-state index contributed by atoms with van der Waals surface area (Å²) in [4.78, 5) is 0. The second-order valence-electron chi connectivity index (χ2n) is 4.32. The molecule has 0 fully saturated rings. The van der Waals surface area contributed by atoms with E-state index in [-0.39, 0.29) is 0 Å². The van der Waals surface area contributed by atoms with E-state index in [1.807, 2.05) is 0 Å². The number of methoxy groups -OCH3 is 1. The highest BCUT2D eigenvalue weighted by atomic mass is 16.5. The zero-order valence-electron chi connectivity index (χ0n) is 9.71. The molecule has 0 amide bonds. The van der Waals surface area contributed by atoms with Crippen LogP contribution in [-0.2, 0) is 0 Å². The van der Waals surface area contributed by atoms with Gasteiger partial charge in [-0.1, -0.05) is 32.1 Å². The molecule has 0 saturated carbocycles. The molecule has 0 unspecified atom stereocenters. The summed E-state index contributed by atoms with van der Waals surface area (Å²) in [5, 5.41) is 2.75. The quantitative estimate of drug-likeness (QED) is 0.714. The van der Waals surface area contributed by atoms with Crippen LogP contribution in [0.3, 0.4) is 0 Å². The second-order valence-corrected chi connectivity index (χ2v) is 4.32. The average molecular weight is 202 g/mol. The fraction of sp³-hybridized carbons (Fsp3) is 0.429. The Bertz CT molecular complexity index is 469. The van der Waals surface area contributed by atoms with Crippen molar-refractivity contribution in [2.24, 2.45) is 0 Å². The molecule has 1 aromatic carbocycles. The maximum absolute atomic E-state index is 5.44. The topological polar surface area (TPSA) is 9.23 Å². The zero-order valence-corrected chi connectivity index (χ0v) is 9.71. The fourth-order valence-electron chi connectivity index (χ4n) is 2.28. The van der Waals surface area contributed by atoms with Gasteiger partial charge in [0, 0.05) is 5.56 Å². The van der Waals surface area contributed by atoms with E-state index in [9.17, 15) is 0 Å². The zero-order chi connectivity index (χ0) is 10.8. The predicted octanol–water partition coefficient (Wildman–Crippen LogP) is 2.17. The van der Waals surface area contributed by atoms with Crippen LogP contribution in [0.1, 0.15) is 38.2 Å². The van der Waals surface area contributed by atoms with Crippen molar-refractivity contribution in [1.82, 2.24) is 0 Å². The van der Waals surface area contributed by atoms with Gasteiger partial charge in [0.15, 0.2) is 0 Å². The number of ether oxygens (including phenoxy) is 1. The molecule has 0 radical (unpaired) electrons. The van der Waals surface area contributed by atoms with Gasteiger partial charge in [0.25, 0.3) is 0 Å². The van der Waals surface area contributed by atoms with Gasteiger partial charge in [-0.15, -0.1) is 0 Å². The van der Waals surface area contributed by atoms with Gasteiger partial charge in [0.05, 0.1) is 7.11 Å². The molecule has 1 heteroatoms. The first-order valence-electron chi connectivity index (χ1n) is 5.61. The van der Waals surface area contributed by atoms with Crippen LogP contribution in [0.2, 0.25) is 0 Å². The first-order chi connectivity index (χ1) is 7.24. The van der Waals surface area contributed by atoms with Crippen LogP contribution < -0.4 is 15.2 Å². The Hall–Kier alpha value is -1.24. The van der Waals surface area contributed by atoms with Crippen molar-refractivity contribution in [1.29, 1.82) is 0 Å².